The van der Waals surface area contributed by atoms with Gasteiger partial charge < -0.3 is 9.88 Å². The lowest BCUT2D eigenvalue weighted by Crippen LogP contribution is -2.14. The Morgan fingerprint density at radius 2 is 1.83 bits per heavy atom. The highest BCUT2D eigenvalue weighted by Crippen LogP contribution is 2.27. The van der Waals surface area contributed by atoms with Crippen molar-refractivity contribution in [2.24, 2.45) is 0 Å². The van der Waals surface area contributed by atoms with Crippen LogP contribution in [0.3, 0.4) is 0 Å². The summed E-state index contributed by atoms with van der Waals surface area (Å²) >= 11 is 0. The number of anilines is 1. The van der Waals surface area contributed by atoms with E-state index in [1.54, 1.807) is 0 Å². The molecule has 150 valence electrons. The first-order chi connectivity index (χ1) is 14.6. The number of rotatable bonds is 5. The van der Waals surface area contributed by atoms with Crippen LogP contribution in [-0.4, -0.2) is 40.2 Å². The fraction of sp³-hybridized carbons (Fsp3) is 0.227. The average molecular weight is 398 g/mol. The molecule has 0 aliphatic carbocycles. The van der Waals surface area contributed by atoms with Crippen molar-refractivity contribution in [3.63, 3.8) is 0 Å². The summed E-state index contributed by atoms with van der Waals surface area (Å²) in [5.41, 5.74) is 4.38. The summed E-state index contributed by atoms with van der Waals surface area (Å²) in [6.45, 7) is 6.68. The molecule has 5 rings (SSSR count). The number of aryl methyl sites for hydroxylation is 1. The monoisotopic (exact) mass is 398 g/mol. The van der Waals surface area contributed by atoms with E-state index >= 15 is 0 Å². The molecule has 30 heavy (non-hydrogen) atoms. The Morgan fingerprint density at radius 3 is 2.63 bits per heavy atom. The van der Waals surface area contributed by atoms with E-state index < -0.39 is 0 Å². The number of hydrogen-bond acceptors (Lipinski definition) is 6. The van der Waals surface area contributed by atoms with Crippen LogP contribution in [-0.2, 0) is 6.54 Å². The highest BCUT2D eigenvalue weighted by molar-refractivity contribution is 5.80. The fourth-order valence-corrected chi connectivity index (χ4v) is 3.57. The van der Waals surface area contributed by atoms with Crippen molar-refractivity contribution in [3.05, 3.63) is 66.4 Å². The maximum atomic E-state index is 4.91. The normalized spacial score (nSPS) is 11.6. The third kappa shape index (κ3) is 3.16. The molecule has 0 radical (unpaired) electrons. The predicted octanol–water partition coefficient (Wildman–Crippen LogP) is 3.71. The van der Waals surface area contributed by atoms with Gasteiger partial charge in [0.05, 0.1) is 23.3 Å². The van der Waals surface area contributed by atoms with Gasteiger partial charge in [0.15, 0.2) is 11.6 Å². The topological polar surface area (TPSA) is 85.8 Å². The van der Waals surface area contributed by atoms with Crippen molar-refractivity contribution in [3.8, 4) is 11.5 Å². The maximum Gasteiger partial charge on any atom is 0.203 e. The zero-order valence-electron chi connectivity index (χ0n) is 17.1. The van der Waals surface area contributed by atoms with Crippen molar-refractivity contribution in [2.45, 2.75) is 33.4 Å². The molecule has 0 amide bonds. The number of nitrogens with one attached hydrogen (secondary N) is 1. The van der Waals surface area contributed by atoms with Crippen molar-refractivity contribution in [1.29, 1.82) is 0 Å². The summed E-state index contributed by atoms with van der Waals surface area (Å²) in [6, 6.07) is 14.3. The van der Waals surface area contributed by atoms with E-state index in [2.05, 4.69) is 45.0 Å². The molecule has 4 aromatic heterocycles. The molecule has 4 heterocycles. The molecule has 0 aliphatic rings. The van der Waals surface area contributed by atoms with Gasteiger partial charge in [0.1, 0.15) is 11.5 Å². The molecule has 1 aromatic carbocycles. The van der Waals surface area contributed by atoms with Gasteiger partial charge in [-0.05, 0) is 45.0 Å². The van der Waals surface area contributed by atoms with Gasteiger partial charge in [0, 0.05) is 18.4 Å². The third-order valence-electron chi connectivity index (χ3n) is 4.92. The quantitative estimate of drug-likeness (QED) is 0.486. The lowest BCUT2D eigenvalue weighted by molar-refractivity contribution is 0.801. The van der Waals surface area contributed by atoms with E-state index in [-0.39, 0.29) is 6.04 Å². The Morgan fingerprint density at radius 1 is 1.00 bits per heavy atom. The summed E-state index contributed by atoms with van der Waals surface area (Å²) in [7, 11) is 0. The van der Waals surface area contributed by atoms with Crippen LogP contribution in [0.25, 0.3) is 28.2 Å². The number of benzene rings is 1. The summed E-state index contributed by atoms with van der Waals surface area (Å²) in [5, 5.41) is 11.9. The van der Waals surface area contributed by atoms with Gasteiger partial charge in [0.25, 0.3) is 0 Å². The second-order valence-corrected chi connectivity index (χ2v) is 7.55. The SMILES string of the molecule is Cc1nnc2c(NC(C)C)nc(-c3nc4ccccc4n3Cc3ccccn3)cn12. The first kappa shape index (κ1) is 18.2. The number of nitrogens with zero attached hydrogens (tertiary/aromatic N) is 7. The van der Waals surface area contributed by atoms with E-state index in [0.717, 1.165) is 34.1 Å². The predicted molar refractivity (Wildman–Crippen MR) is 116 cm³/mol. The fourth-order valence-electron chi connectivity index (χ4n) is 3.57. The number of para-hydroxylation sites is 2. The molecule has 1 N–H and O–H groups in total. The Bertz CT molecular complexity index is 1330. The van der Waals surface area contributed by atoms with E-state index in [4.69, 9.17) is 9.97 Å². The Kier molecular flexibility index (Phi) is 4.39. The Hall–Kier alpha value is -3.81. The Balaban J connectivity index is 1.74. The summed E-state index contributed by atoms with van der Waals surface area (Å²) < 4.78 is 4.11. The molecule has 0 aliphatic heterocycles. The lowest BCUT2D eigenvalue weighted by atomic mass is 10.3. The highest BCUT2D eigenvalue weighted by Gasteiger charge is 2.18. The first-order valence-electron chi connectivity index (χ1n) is 9.94. The van der Waals surface area contributed by atoms with Crippen LogP contribution >= 0.6 is 0 Å². The molecule has 0 fully saturated rings. The molecule has 0 bridgehead atoms. The molecule has 5 aromatic rings. The van der Waals surface area contributed by atoms with Crippen molar-refractivity contribution in [2.75, 3.05) is 5.32 Å². The van der Waals surface area contributed by atoms with Gasteiger partial charge in [-0.25, -0.2) is 9.97 Å². The number of fused-ring (bicyclic) bond motifs is 2. The van der Waals surface area contributed by atoms with Gasteiger partial charge in [0.2, 0.25) is 5.65 Å². The van der Waals surface area contributed by atoms with Crippen molar-refractivity contribution >= 4 is 22.5 Å². The minimum atomic E-state index is 0.209. The number of imidazole rings is 1. The minimum absolute atomic E-state index is 0.209. The van der Waals surface area contributed by atoms with Crippen molar-refractivity contribution in [1.82, 2.24) is 34.1 Å². The largest absolute Gasteiger partial charge is 0.365 e. The van der Waals surface area contributed by atoms with E-state index in [1.807, 2.05) is 60.1 Å². The van der Waals surface area contributed by atoms with E-state index in [9.17, 15) is 0 Å². The van der Waals surface area contributed by atoms with Crippen LogP contribution in [0.4, 0.5) is 5.82 Å². The van der Waals surface area contributed by atoms with Crippen LogP contribution < -0.4 is 5.32 Å². The molecule has 8 nitrogen and oxygen atoms in total. The van der Waals surface area contributed by atoms with Crippen LogP contribution in [0.1, 0.15) is 25.4 Å². The van der Waals surface area contributed by atoms with E-state index in [1.165, 1.54) is 0 Å². The standard InChI is InChI=1S/C22H22N8/c1-14(2)24-20-22-28-27-15(3)29(22)13-18(25-20)21-26-17-9-4-5-10-19(17)30(21)12-16-8-6-7-11-23-16/h4-11,13-14H,12H2,1-3H3,(H,24,25). The van der Waals surface area contributed by atoms with Gasteiger partial charge in [-0.3, -0.25) is 9.38 Å². The second-order valence-electron chi connectivity index (χ2n) is 7.55. The summed E-state index contributed by atoms with van der Waals surface area (Å²) in [5.74, 6) is 2.27. The maximum absolute atomic E-state index is 4.91. The van der Waals surface area contributed by atoms with Crippen LogP contribution in [0, 0.1) is 6.92 Å². The lowest BCUT2D eigenvalue weighted by Gasteiger charge is -2.13. The van der Waals surface area contributed by atoms with Crippen LogP contribution in [0.5, 0.6) is 0 Å². The first-order valence-corrected chi connectivity index (χ1v) is 9.94. The molecular formula is C22H22N8. The van der Waals surface area contributed by atoms with Crippen LogP contribution in [0.2, 0.25) is 0 Å². The molecule has 0 atom stereocenters. The highest BCUT2D eigenvalue weighted by atomic mass is 15.3. The minimum Gasteiger partial charge on any atom is -0.365 e. The van der Waals surface area contributed by atoms with Gasteiger partial charge in [-0.1, -0.05) is 18.2 Å². The average Bonchev–Trinajstić information content (AvgIpc) is 3.30. The summed E-state index contributed by atoms with van der Waals surface area (Å²) in [6.07, 6.45) is 3.76. The van der Waals surface area contributed by atoms with Gasteiger partial charge in [-0.15, -0.1) is 10.2 Å². The van der Waals surface area contributed by atoms with Crippen molar-refractivity contribution < 1.29 is 0 Å². The van der Waals surface area contributed by atoms with Gasteiger partial charge >= 0.3 is 0 Å². The van der Waals surface area contributed by atoms with Crippen LogP contribution in [0.15, 0.2) is 54.9 Å². The molecule has 0 saturated heterocycles. The zero-order valence-corrected chi connectivity index (χ0v) is 17.1. The zero-order chi connectivity index (χ0) is 20.7. The third-order valence-corrected chi connectivity index (χ3v) is 4.92. The smallest absolute Gasteiger partial charge is 0.203 e. The number of hydrogen-bond donors (Lipinski definition) is 1. The van der Waals surface area contributed by atoms with E-state index in [0.29, 0.717) is 18.0 Å². The number of pyridine rings is 1. The molecule has 0 unspecified atom stereocenters. The summed E-state index contributed by atoms with van der Waals surface area (Å²) in [4.78, 5) is 14.3. The molecule has 0 spiro atoms. The Labute approximate surface area is 173 Å². The second kappa shape index (κ2) is 7.22. The van der Waals surface area contributed by atoms with Gasteiger partial charge in [-0.2, -0.15) is 0 Å². The molecule has 0 saturated carbocycles. The number of aromatic nitrogens is 7. The molecular weight excluding hydrogens is 376 g/mol. The molecule has 8 heteroatoms.